The molecule has 0 aliphatic heterocycles. The largest absolute Gasteiger partial charge is 0.289 e. The van der Waals surface area contributed by atoms with Crippen LogP contribution in [0.3, 0.4) is 0 Å². The maximum Gasteiger partial charge on any atom is 0.184 e. The van der Waals surface area contributed by atoms with E-state index < -0.39 is 0 Å². The molecule has 4 aromatic rings. The number of carbonyl (C=O) groups excluding carboxylic acids is 1. The Labute approximate surface area is 165 Å². The van der Waals surface area contributed by atoms with E-state index in [1.165, 1.54) is 10.8 Å². The Morgan fingerprint density at radius 1 is 0.571 bits per heavy atom. The molecule has 0 heterocycles. The Kier molecular flexibility index (Phi) is 4.90. The zero-order valence-corrected chi connectivity index (χ0v) is 16.1. The van der Waals surface area contributed by atoms with Crippen molar-refractivity contribution in [2.45, 2.75) is 13.8 Å². The third-order valence-electron chi connectivity index (χ3n) is 5.11. The van der Waals surface area contributed by atoms with Crippen LogP contribution >= 0.6 is 0 Å². The molecule has 1 nitrogen and oxygen atoms in total. The van der Waals surface area contributed by atoms with Crippen LogP contribution in [0.1, 0.15) is 25.0 Å². The van der Waals surface area contributed by atoms with Gasteiger partial charge in [0.15, 0.2) is 5.78 Å². The number of hydrogen-bond acceptors (Lipinski definition) is 1. The minimum atomic E-state index is 0.0702. The Balaban J connectivity index is 1.69. The summed E-state index contributed by atoms with van der Waals surface area (Å²) in [6.07, 6.45) is 3.98. The maximum absolute atomic E-state index is 13.0. The second-order valence-electron chi connectivity index (χ2n) is 7.12. The minimum absolute atomic E-state index is 0.0702. The van der Waals surface area contributed by atoms with Gasteiger partial charge in [-0.2, -0.15) is 0 Å². The zero-order chi connectivity index (χ0) is 19.5. The molecule has 28 heavy (non-hydrogen) atoms. The van der Waals surface area contributed by atoms with Crippen molar-refractivity contribution in [3.8, 4) is 0 Å². The van der Waals surface area contributed by atoms with Crippen LogP contribution < -0.4 is 0 Å². The lowest BCUT2D eigenvalue weighted by Crippen LogP contribution is -2.01. The van der Waals surface area contributed by atoms with Gasteiger partial charge in [0.25, 0.3) is 0 Å². The predicted molar refractivity (Wildman–Crippen MR) is 120 cm³/mol. The summed E-state index contributed by atoms with van der Waals surface area (Å²) in [4.78, 5) is 13.0. The van der Waals surface area contributed by atoms with Gasteiger partial charge in [-0.1, -0.05) is 84.9 Å². The fourth-order valence-corrected chi connectivity index (χ4v) is 3.66. The highest BCUT2D eigenvalue weighted by atomic mass is 16.1. The number of benzene rings is 4. The molecule has 0 unspecified atom stereocenters. The van der Waals surface area contributed by atoms with Crippen molar-refractivity contribution in [3.05, 3.63) is 107 Å². The quantitative estimate of drug-likeness (QED) is 0.355. The highest BCUT2D eigenvalue weighted by Crippen LogP contribution is 2.24. The van der Waals surface area contributed by atoms with E-state index in [0.717, 1.165) is 33.0 Å². The van der Waals surface area contributed by atoms with Crippen molar-refractivity contribution < 1.29 is 4.79 Å². The van der Waals surface area contributed by atoms with E-state index >= 15 is 0 Å². The number of fused-ring (bicyclic) bond motifs is 2. The fraction of sp³-hybridized carbons (Fsp3) is 0.0741. The summed E-state index contributed by atoms with van der Waals surface area (Å²) in [6.45, 7) is 3.79. The zero-order valence-electron chi connectivity index (χ0n) is 16.1. The van der Waals surface area contributed by atoms with E-state index in [1.807, 2.05) is 62.4 Å². The highest BCUT2D eigenvalue weighted by molar-refractivity contribution is 6.13. The topological polar surface area (TPSA) is 17.1 Å². The smallest absolute Gasteiger partial charge is 0.184 e. The summed E-state index contributed by atoms with van der Waals surface area (Å²) in [5, 5.41) is 4.68. The summed E-state index contributed by atoms with van der Waals surface area (Å²) in [6, 6.07) is 28.9. The van der Waals surface area contributed by atoms with Crippen molar-refractivity contribution in [1.29, 1.82) is 0 Å². The van der Waals surface area contributed by atoms with Crippen LogP contribution in [0.5, 0.6) is 0 Å². The molecule has 4 rings (SSSR count). The third-order valence-corrected chi connectivity index (χ3v) is 5.11. The Bertz CT molecular complexity index is 1130. The van der Waals surface area contributed by atoms with E-state index in [0.29, 0.717) is 0 Å². The summed E-state index contributed by atoms with van der Waals surface area (Å²) in [5.74, 6) is 0.0702. The molecule has 0 amide bonds. The third kappa shape index (κ3) is 3.52. The van der Waals surface area contributed by atoms with Crippen LogP contribution in [-0.4, -0.2) is 5.78 Å². The molecular formula is C27H22O. The van der Waals surface area contributed by atoms with Crippen LogP contribution in [0.25, 0.3) is 33.7 Å². The summed E-state index contributed by atoms with van der Waals surface area (Å²) in [5.41, 5.74) is 3.62. The normalized spacial score (nSPS) is 12.5. The molecule has 0 atom stereocenters. The molecule has 0 bridgehead atoms. The molecule has 0 aliphatic rings. The van der Waals surface area contributed by atoms with Gasteiger partial charge in [0, 0.05) is 0 Å². The first kappa shape index (κ1) is 17.9. The number of Topliss-reactive ketones (excluding diaryl/α,β-unsaturated/α-hetero) is 1. The number of carbonyl (C=O) groups is 1. The standard InChI is InChI=1S/C27H22O/c1-19(17-23-13-7-11-21-9-3-5-15-25(21)23)27(28)20(2)18-24-14-8-12-22-10-4-6-16-26(22)24/h3-18H,1-2H3/b19-17+,20-18+. The summed E-state index contributed by atoms with van der Waals surface area (Å²) < 4.78 is 0. The second kappa shape index (κ2) is 7.66. The Morgan fingerprint density at radius 2 is 0.964 bits per heavy atom. The molecule has 0 aromatic heterocycles. The lowest BCUT2D eigenvalue weighted by atomic mass is 9.97. The Morgan fingerprint density at radius 3 is 1.43 bits per heavy atom. The van der Waals surface area contributed by atoms with Crippen molar-refractivity contribution in [1.82, 2.24) is 0 Å². The first-order chi connectivity index (χ1) is 13.6. The lowest BCUT2D eigenvalue weighted by molar-refractivity contribution is -0.112. The van der Waals surface area contributed by atoms with Crippen LogP contribution in [0.15, 0.2) is 96.1 Å². The molecular weight excluding hydrogens is 340 g/mol. The number of rotatable bonds is 4. The molecule has 4 aromatic carbocycles. The van der Waals surface area contributed by atoms with Gasteiger partial charge < -0.3 is 0 Å². The number of allylic oxidation sites excluding steroid dienone is 2. The van der Waals surface area contributed by atoms with Crippen molar-refractivity contribution >= 4 is 39.5 Å². The van der Waals surface area contributed by atoms with Crippen molar-refractivity contribution in [3.63, 3.8) is 0 Å². The summed E-state index contributed by atoms with van der Waals surface area (Å²) >= 11 is 0. The minimum Gasteiger partial charge on any atom is -0.289 e. The monoisotopic (exact) mass is 362 g/mol. The maximum atomic E-state index is 13.0. The second-order valence-corrected chi connectivity index (χ2v) is 7.12. The molecule has 0 saturated carbocycles. The van der Waals surface area contributed by atoms with E-state index in [2.05, 4.69) is 48.5 Å². The average molecular weight is 362 g/mol. The van der Waals surface area contributed by atoms with Gasteiger partial charge in [-0.05, 0) is 69.8 Å². The Hall–Kier alpha value is -3.45. The van der Waals surface area contributed by atoms with Gasteiger partial charge >= 0.3 is 0 Å². The fourth-order valence-electron chi connectivity index (χ4n) is 3.66. The molecule has 0 aliphatic carbocycles. The summed E-state index contributed by atoms with van der Waals surface area (Å²) in [7, 11) is 0. The van der Waals surface area contributed by atoms with Crippen molar-refractivity contribution in [2.24, 2.45) is 0 Å². The van der Waals surface area contributed by atoms with Crippen LogP contribution in [0.2, 0.25) is 0 Å². The SMILES string of the molecule is C/C(=C\c1cccc2ccccc12)C(=O)/C(C)=C/c1cccc2ccccc12. The van der Waals surface area contributed by atoms with Gasteiger partial charge in [-0.3, -0.25) is 4.79 Å². The molecule has 0 N–H and O–H groups in total. The van der Waals surface area contributed by atoms with Gasteiger partial charge in [0.1, 0.15) is 0 Å². The first-order valence-electron chi connectivity index (χ1n) is 9.50. The molecule has 136 valence electrons. The number of hydrogen-bond donors (Lipinski definition) is 0. The van der Waals surface area contributed by atoms with Crippen LogP contribution in [0, 0.1) is 0 Å². The lowest BCUT2D eigenvalue weighted by Gasteiger charge is -2.07. The number of ketones is 1. The molecule has 1 heteroatoms. The highest BCUT2D eigenvalue weighted by Gasteiger charge is 2.09. The molecule has 0 fully saturated rings. The molecule has 0 spiro atoms. The van der Waals surface area contributed by atoms with E-state index in [-0.39, 0.29) is 5.78 Å². The van der Waals surface area contributed by atoms with Gasteiger partial charge in [-0.15, -0.1) is 0 Å². The van der Waals surface area contributed by atoms with E-state index in [9.17, 15) is 4.79 Å². The van der Waals surface area contributed by atoms with Crippen molar-refractivity contribution in [2.75, 3.05) is 0 Å². The first-order valence-corrected chi connectivity index (χ1v) is 9.50. The van der Waals surface area contributed by atoms with Crippen LogP contribution in [0.4, 0.5) is 0 Å². The molecule has 0 radical (unpaired) electrons. The van der Waals surface area contributed by atoms with Gasteiger partial charge in [0.2, 0.25) is 0 Å². The predicted octanol–water partition coefficient (Wildman–Crippen LogP) is 7.07. The average Bonchev–Trinajstić information content (AvgIpc) is 2.73. The molecule has 0 saturated heterocycles. The van der Waals surface area contributed by atoms with Gasteiger partial charge in [0.05, 0.1) is 0 Å². The van der Waals surface area contributed by atoms with E-state index in [4.69, 9.17) is 0 Å². The van der Waals surface area contributed by atoms with Gasteiger partial charge in [-0.25, -0.2) is 0 Å². The van der Waals surface area contributed by atoms with Crippen LogP contribution in [-0.2, 0) is 4.79 Å². The van der Waals surface area contributed by atoms with E-state index in [1.54, 1.807) is 0 Å².